The molecule has 1 rings (SSSR count). The Hall–Kier alpha value is -0.510. The van der Waals surface area contributed by atoms with Crippen molar-refractivity contribution in [2.75, 3.05) is 25.6 Å². The van der Waals surface area contributed by atoms with E-state index in [2.05, 4.69) is 62.4 Å². The third-order valence-electron chi connectivity index (χ3n) is 4.12. The molecule has 19 heavy (non-hydrogen) atoms. The topological polar surface area (TPSA) is 29.3 Å². The van der Waals surface area contributed by atoms with Crippen molar-refractivity contribution in [2.24, 2.45) is 5.73 Å². The fraction of sp³-hybridized carbons (Fsp3) is 0.625. The number of nitrogens with zero attached hydrogens (tertiary/aromatic N) is 1. The normalized spacial score (nSPS) is 16.3. The van der Waals surface area contributed by atoms with Crippen molar-refractivity contribution >= 4 is 11.8 Å². The number of benzene rings is 1. The predicted octanol–water partition coefficient (Wildman–Crippen LogP) is 3.02. The Balaban J connectivity index is 2.73. The molecule has 0 saturated heterocycles. The Morgan fingerprint density at radius 3 is 2.47 bits per heavy atom. The monoisotopic (exact) mass is 280 g/mol. The van der Waals surface area contributed by atoms with E-state index in [-0.39, 0.29) is 5.54 Å². The van der Waals surface area contributed by atoms with Crippen molar-refractivity contribution in [3.8, 4) is 0 Å². The molecule has 0 heterocycles. The van der Waals surface area contributed by atoms with Gasteiger partial charge in [0.05, 0.1) is 0 Å². The van der Waals surface area contributed by atoms with Gasteiger partial charge in [-0.15, -0.1) is 0 Å². The van der Waals surface area contributed by atoms with Crippen LogP contribution in [0.1, 0.15) is 25.8 Å². The summed E-state index contributed by atoms with van der Waals surface area (Å²) in [5.74, 6) is 1.21. The van der Waals surface area contributed by atoms with Crippen LogP contribution in [0.3, 0.4) is 0 Å². The van der Waals surface area contributed by atoms with E-state index < -0.39 is 0 Å². The molecule has 0 aliphatic carbocycles. The van der Waals surface area contributed by atoms with Crippen LogP contribution in [-0.2, 0) is 6.42 Å². The zero-order valence-corrected chi connectivity index (χ0v) is 13.5. The van der Waals surface area contributed by atoms with Gasteiger partial charge in [-0.3, -0.25) is 4.90 Å². The Morgan fingerprint density at radius 2 is 1.95 bits per heavy atom. The van der Waals surface area contributed by atoms with Gasteiger partial charge in [-0.05, 0) is 51.3 Å². The van der Waals surface area contributed by atoms with Gasteiger partial charge in [0.15, 0.2) is 0 Å². The van der Waals surface area contributed by atoms with Crippen molar-refractivity contribution in [1.82, 2.24) is 4.90 Å². The summed E-state index contributed by atoms with van der Waals surface area (Å²) in [6.45, 7) is 5.26. The molecule has 0 spiro atoms. The summed E-state index contributed by atoms with van der Waals surface area (Å²) in [7, 11) is 2.21. The average molecular weight is 280 g/mol. The second-order valence-corrected chi connectivity index (χ2v) is 6.59. The second kappa shape index (κ2) is 7.93. The molecule has 0 saturated carbocycles. The summed E-state index contributed by atoms with van der Waals surface area (Å²) in [6, 6.07) is 11.2. The number of hydrogen-bond acceptors (Lipinski definition) is 3. The summed E-state index contributed by atoms with van der Waals surface area (Å²) in [5, 5.41) is 0. The van der Waals surface area contributed by atoms with Crippen LogP contribution in [-0.4, -0.2) is 42.1 Å². The van der Waals surface area contributed by atoms with Gasteiger partial charge in [0.2, 0.25) is 0 Å². The van der Waals surface area contributed by atoms with Crippen LogP contribution in [0.15, 0.2) is 30.3 Å². The molecule has 108 valence electrons. The molecule has 0 radical (unpaired) electrons. The van der Waals surface area contributed by atoms with Gasteiger partial charge < -0.3 is 5.73 Å². The lowest BCUT2D eigenvalue weighted by molar-refractivity contribution is 0.0985. The van der Waals surface area contributed by atoms with Gasteiger partial charge in [-0.2, -0.15) is 11.8 Å². The maximum absolute atomic E-state index is 6.08. The van der Waals surface area contributed by atoms with E-state index in [0.717, 1.165) is 6.42 Å². The lowest BCUT2D eigenvalue weighted by Crippen LogP contribution is -2.54. The van der Waals surface area contributed by atoms with E-state index >= 15 is 0 Å². The molecule has 0 fully saturated rings. The molecule has 0 aliphatic heterocycles. The maximum Gasteiger partial charge on any atom is 0.0343 e. The summed E-state index contributed by atoms with van der Waals surface area (Å²) in [6.07, 6.45) is 4.38. The zero-order valence-electron chi connectivity index (χ0n) is 12.7. The van der Waals surface area contributed by atoms with Crippen LogP contribution < -0.4 is 5.73 Å². The molecule has 1 aromatic rings. The van der Waals surface area contributed by atoms with E-state index in [0.29, 0.717) is 12.6 Å². The van der Waals surface area contributed by atoms with Gasteiger partial charge in [-0.1, -0.05) is 30.3 Å². The number of hydrogen-bond donors (Lipinski definition) is 1. The molecule has 2 atom stereocenters. The van der Waals surface area contributed by atoms with Crippen molar-refractivity contribution in [3.05, 3.63) is 35.9 Å². The van der Waals surface area contributed by atoms with Crippen LogP contribution in [0.5, 0.6) is 0 Å². The van der Waals surface area contributed by atoms with Crippen LogP contribution in [0, 0.1) is 0 Å². The molecule has 2 unspecified atom stereocenters. The minimum atomic E-state index is 0.0270. The zero-order chi connectivity index (χ0) is 14.3. The molecule has 0 bridgehead atoms. The first kappa shape index (κ1) is 16.5. The predicted molar refractivity (Wildman–Crippen MR) is 87.8 cm³/mol. The minimum absolute atomic E-state index is 0.0270. The minimum Gasteiger partial charge on any atom is -0.329 e. The number of rotatable bonds is 8. The molecule has 1 aromatic carbocycles. The Kier molecular flexibility index (Phi) is 6.90. The highest BCUT2D eigenvalue weighted by molar-refractivity contribution is 7.98. The maximum atomic E-state index is 6.08. The summed E-state index contributed by atoms with van der Waals surface area (Å²) < 4.78 is 0. The summed E-state index contributed by atoms with van der Waals surface area (Å²) in [4.78, 5) is 2.45. The van der Waals surface area contributed by atoms with Crippen molar-refractivity contribution in [2.45, 2.75) is 38.3 Å². The number of thioether (sulfide) groups is 1. The van der Waals surface area contributed by atoms with Gasteiger partial charge >= 0.3 is 0 Å². The number of nitrogens with two attached hydrogens (primary N) is 1. The molecule has 2 N–H and O–H groups in total. The largest absolute Gasteiger partial charge is 0.329 e. The molecule has 3 heteroatoms. The highest BCUT2D eigenvalue weighted by atomic mass is 32.2. The van der Waals surface area contributed by atoms with Crippen LogP contribution >= 0.6 is 11.8 Å². The van der Waals surface area contributed by atoms with E-state index in [1.165, 1.54) is 17.7 Å². The highest BCUT2D eigenvalue weighted by Gasteiger charge is 2.30. The third-order valence-corrected chi connectivity index (χ3v) is 4.76. The standard InChI is InChI=1S/C16H28N2S/c1-14(10-11-19-4)18(3)16(2,13-17)12-15-8-6-5-7-9-15/h5-9,14H,10-13,17H2,1-4H3. The number of likely N-dealkylation sites (N-methyl/N-ethyl adjacent to an activating group) is 1. The molecule has 0 amide bonds. The van der Waals surface area contributed by atoms with E-state index in [4.69, 9.17) is 5.73 Å². The summed E-state index contributed by atoms with van der Waals surface area (Å²) >= 11 is 1.91. The van der Waals surface area contributed by atoms with Gasteiger partial charge in [0.1, 0.15) is 0 Å². The molecule has 2 nitrogen and oxygen atoms in total. The van der Waals surface area contributed by atoms with Crippen LogP contribution in [0.25, 0.3) is 0 Å². The van der Waals surface area contributed by atoms with Crippen LogP contribution in [0.4, 0.5) is 0 Å². The molecule has 0 aliphatic rings. The Morgan fingerprint density at radius 1 is 1.32 bits per heavy atom. The SMILES string of the molecule is CSCCC(C)N(C)C(C)(CN)Cc1ccccc1. The fourth-order valence-electron chi connectivity index (χ4n) is 2.39. The van der Waals surface area contributed by atoms with Crippen molar-refractivity contribution in [1.29, 1.82) is 0 Å². The lowest BCUT2D eigenvalue weighted by Gasteiger charge is -2.42. The van der Waals surface area contributed by atoms with Gasteiger partial charge in [0, 0.05) is 18.1 Å². The molecule has 0 aromatic heterocycles. The Bertz CT molecular complexity index is 355. The van der Waals surface area contributed by atoms with Crippen molar-refractivity contribution in [3.63, 3.8) is 0 Å². The highest BCUT2D eigenvalue weighted by Crippen LogP contribution is 2.22. The van der Waals surface area contributed by atoms with E-state index in [1.807, 2.05) is 11.8 Å². The lowest BCUT2D eigenvalue weighted by atomic mass is 9.90. The first-order valence-corrected chi connectivity index (χ1v) is 8.38. The quantitative estimate of drug-likeness (QED) is 0.793. The van der Waals surface area contributed by atoms with Crippen molar-refractivity contribution < 1.29 is 0 Å². The first-order valence-electron chi connectivity index (χ1n) is 6.99. The first-order chi connectivity index (χ1) is 9.03. The smallest absolute Gasteiger partial charge is 0.0343 e. The average Bonchev–Trinajstić information content (AvgIpc) is 2.44. The fourth-order valence-corrected chi connectivity index (χ4v) is 2.97. The Labute approximate surface area is 122 Å². The third kappa shape index (κ3) is 4.83. The molecular formula is C16H28N2S. The van der Waals surface area contributed by atoms with Gasteiger partial charge in [-0.25, -0.2) is 0 Å². The van der Waals surface area contributed by atoms with E-state index in [9.17, 15) is 0 Å². The van der Waals surface area contributed by atoms with Crippen LogP contribution in [0.2, 0.25) is 0 Å². The molecular weight excluding hydrogens is 252 g/mol. The second-order valence-electron chi connectivity index (χ2n) is 5.60. The summed E-state index contributed by atoms with van der Waals surface area (Å²) in [5.41, 5.74) is 7.46. The van der Waals surface area contributed by atoms with E-state index in [1.54, 1.807) is 0 Å². The van der Waals surface area contributed by atoms with Gasteiger partial charge in [0.25, 0.3) is 0 Å².